The van der Waals surface area contributed by atoms with E-state index < -0.39 is 8.32 Å². The minimum absolute atomic E-state index is 0.149. The van der Waals surface area contributed by atoms with Gasteiger partial charge in [0.15, 0.2) is 8.32 Å². The van der Waals surface area contributed by atoms with E-state index in [2.05, 4.69) is 40.8 Å². The van der Waals surface area contributed by atoms with Crippen LogP contribution in [0.3, 0.4) is 0 Å². The van der Waals surface area contributed by atoms with Crippen LogP contribution in [0, 0.1) is 5.92 Å². The lowest BCUT2D eigenvalue weighted by atomic mass is 9.98. The lowest BCUT2D eigenvalue weighted by Gasteiger charge is -2.44. The SMILES string of the molecule is C[C@H]1CC[C@@](CC=O)(O[Si](C)(C)C(C)(C)C)C1. The van der Waals surface area contributed by atoms with Crippen LogP contribution in [-0.4, -0.2) is 20.2 Å². The molecule has 17 heavy (non-hydrogen) atoms. The molecule has 1 aliphatic rings. The maximum absolute atomic E-state index is 10.9. The number of aldehydes is 1. The lowest BCUT2D eigenvalue weighted by molar-refractivity contribution is -0.111. The molecule has 0 unspecified atom stereocenters. The van der Waals surface area contributed by atoms with Crippen molar-refractivity contribution in [1.29, 1.82) is 0 Å². The highest BCUT2D eigenvalue weighted by molar-refractivity contribution is 6.74. The largest absolute Gasteiger partial charge is 0.411 e. The second-order valence-electron chi connectivity index (χ2n) is 7.26. The molecule has 2 nitrogen and oxygen atoms in total. The van der Waals surface area contributed by atoms with Gasteiger partial charge >= 0.3 is 0 Å². The molecule has 0 aromatic rings. The van der Waals surface area contributed by atoms with Crippen molar-refractivity contribution in [2.75, 3.05) is 0 Å². The summed E-state index contributed by atoms with van der Waals surface area (Å²) in [5.41, 5.74) is -0.149. The molecule has 0 radical (unpaired) electrons. The van der Waals surface area contributed by atoms with Gasteiger partial charge in [0, 0.05) is 6.42 Å². The van der Waals surface area contributed by atoms with Gasteiger partial charge in [-0.3, -0.25) is 0 Å². The van der Waals surface area contributed by atoms with Crippen LogP contribution >= 0.6 is 0 Å². The van der Waals surface area contributed by atoms with Gasteiger partial charge in [0.2, 0.25) is 0 Å². The fourth-order valence-corrected chi connectivity index (χ4v) is 4.17. The third kappa shape index (κ3) is 3.41. The Bertz CT molecular complexity index is 280. The first-order chi connectivity index (χ1) is 7.62. The summed E-state index contributed by atoms with van der Waals surface area (Å²) in [6.45, 7) is 13.6. The molecule has 0 heterocycles. The van der Waals surface area contributed by atoms with Gasteiger partial charge in [-0.2, -0.15) is 0 Å². The number of carbonyl (C=O) groups excluding carboxylic acids is 1. The second-order valence-corrected chi connectivity index (χ2v) is 12.0. The molecule has 1 saturated carbocycles. The first-order valence-electron chi connectivity index (χ1n) is 6.76. The standard InChI is InChI=1S/C14H28O2Si/c1-12-7-8-14(11-12,9-10-15)16-17(5,6)13(2,3)4/h10,12H,7-9,11H2,1-6H3/t12-,14-/m0/s1. The maximum Gasteiger partial charge on any atom is 0.192 e. The lowest BCUT2D eigenvalue weighted by Crippen LogP contribution is -2.49. The Morgan fingerprint density at radius 1 is 1.41 bits per heavy atom. The minimum atomic E-state index is -1.77. The van der Waals surface area contributed by atoms with E-state index in [4.69, 9.17) is 4.43 Å². The second kappa shape index (κ2) is 4.85. The van der Waals surface area contributed by atoms with Gasteiger partial charge in [0.25, 0.3) is 0 Å². The quantitative estimate of drug-likeness (QED) is 0.558. The van der Waals surface area contributed by atoms with Crippen LogP contribution in [0.5, 0.6) is 0 Å². The van der Waals surface area contributed by atoms with Crippen LogP contribution in [0.1, 0.15) is 53.4 Å². The van der Waals surface area contributed by atoms with E-state index >= 15 is 0 Å². The highest BCUT2D eigenvalue weighted by Gasteiger charge is 2.47. The van der Waals surface area contributed by atoms with E-state index in [9.17, 15) is 4.79 Å². The van der Waals surface area contributed by atoms with Crippen molar-refractivity contribution in [3.8, 4) is 0 Å². The third-order valence-electron chi connectivity index (χ3n) is 4.55. The zero-order chi connectivity index (χ0) is 13.3. The molecule has 1 rings (SSSR count). The Balaban J connectivity index is 2.84. The van der Waals surface area contributed by atoms with Crippen LogP contribution < -0.4 is 0 Å². The Labute approximate surface area is 107 Å². The first kappa shape index (κ1) is 14.9. The average molecular weight is 256 g/mol. The van der Waals surface area contributed by atoms with Crippen LogP contribution in [0.15, 0.2) is 0 Å². The average Bonchev–Trinajstić information content (AvgIpc) is 2.45. The smallest absolute Gasteiger partial charge is 0.192 e. The van der Waals surface area contributed by atoms with Gasteiger partial charge in [-0.1, -0.05) is 27.7 Å². The van der Waals surface area contributed by atoms with Crippen LogP contribution in [0.2, 0.25) is 18.1 Å². The summed E-state index contributed by atoms with van der Waals surface area (Å²) >= 11 is 0. The Morgan fingerprint density at radius 3 is 2.35 bits per heavy atom. The Kier molecular flexibility index (Phi) is 4.25. The number of carbonyl (C=O) groups is 1. The van der Waals surface area contributed by atoms with E-state index in [1.54, 1.807) is 0 Å². The van der Waals surface area contributed by atoms with Crippen LogP contribution in [-0.2, 0) is 9.22 Å². The van der Waals surface area contributed by atoms with Gasteiger partial charge in [-0.05, 0) is 43.3 Å². The zero-order valence-electron chi connectivity index (χ0n) is 12.3. The van der Waals surface area contributed by atoms with E-state index in [1.165, 1.54) is 6.42 Å². The number of hydrogen-bond acceptors (Lipinski definition) is 2. The van der Waals surface area contributed by atoms with Gasteiger partial charge in [-0.25, -0.2) is 0 Å². The summed E-state index contributed by atoms with van der Waals surface area (Å²) < 4.78 is 6.57. The molecule has 0 amide bonds. The molecule has 3 heteroatoms. The summed E-state index contributed by atoms with van der Waals surface area (Å²) in [5.74, 6) is 0.694. The molecule has 1 fully saturated rings. The van der Waals surface area contributed by atoms with Gasteiger partial charge in [0.1, 0.15) is 6.29 Å². The molecular weight excluding hydrogens is 228 g/mol. The molecule has 0 aromatic carbocycles. The fraction of sp³-hybridized carbons (Fsp3) is 0.929. The Morgan fingerprint density at radius 2 is 2.00 bits per heavy atom. The molecule has 100 valence electrons. The topological polar surface area (TPSA) is 26.3 Å². The normalized spacial score (nSPS) is 30.6. The molecular formula is C14H28O2Si. The van der Waals surface area contributed by atoms with E-state index in [1.807, 2.05) is 0 Å². The third-order valence-corrected chi connectivity index (χ3v) is 9.10. The van der Waals surface area contributed by atoms with Gasteiger partial charge in [-0.15, -0.1) is 0 Å². The Hall–Kier alpha value is -0.153. The predicted octanol–water partition coefficient (Wildman–Crippen LogP) is 4.16. The maximum atomic E-state index is 10.9. The number of rotatable bonds is 4. The molecule has 0 N–H and O–H groups in total. The van der Waals surface area contributed by atoms with Crippen molar-refractivity contribution in [2.24, 2.45) is 5.92 Å². The van der Waals surface area contributed by atoms with Crippen molar-refractivity contribution in [2.45, 2.75) is 77.1 Å². The van der Waals surface area contributed by atoms with Crippen LogP contribution in [0.4, 0.5) is 0 Å². The summed E-state index contributed by atoms with van der Waals surface area (Å²) in [4.78, 5) is 10.9. The zero-order valence-corrected chi connectivity index (χ0v) is 13.3. The van der Waals surface area contributed by atoms with E-state index in [-0.39, 0.29) is 10.6 Å². The molecule has 2 atom stereocenters. The highest BCUT2D eigenvalue weighted by atomic mass is 28.4. The van der Waals surface area contributed by atoms with Crippen molar-refractivity contribution in [3.05, 3.63) is 0 Å². The molecule has 1 aliphatic carbocycles. The van der Waals surface area contributed by atoms with Crippen molar-refractivity contribution in [3.63, 3.8) is 0 Å². The minimum Gasteiger partial charge on any atom is -0.411 e. The molecule has 0 bridgehead atoms. The predicted molar refractivity (Wildman–Crippen MR) is 74.7 cm³/mol. The van der Waals surface area contributed by atoms with Gasteiger partial charge < -0.3 is 9.22 Å². The molecule has 0 spiro atoms. The molecule has 0 aliphatic heterocycles. The van der Waals surface area contributed by atoms with Crippen molar-refractivity contribution < 1.29 is 9.22 Å². The summed E-state index contributed by atoms with van der Waals surface area (Å²) in [6.07, 6.45) is 4.93. The first-order valence-corrected chi connectivity index (χ1v) is 9.66. The van der Waals surface area contributed by atoms with Gasteiger partial charge in [0.05, 0.1) is 5.60 Å². The summed E-state index contributed by atoms with van der Waals surface area (Å²) in [7, 11) is -1.77. The van der Waals surface area contributed by atoms with E-state index in [0.717, 1.165) is 19.1 Å². The van der Waals surface area contributed by atoms with Crippen LogP contribution in [0.25, 0.3) is 0 Å². The summed E-state index contributed by atoms with van der Waals surface area (Å²) in [5, 5.41) is 0.217. The molecule has 0 aromatic heterocycles. The summed E-state index contributed by atoms with van der Waals surface area (Å²) in [6, 6.07) is 0. The van der Waals surface area contributed by atoms with Crippen molar-refractivity contribution >= 4 is 14.6 Å². The fourth-order valence-electron chi connectivity index (χ4n) is 2.51. The monoisotopic (exact) mass is 256 g/mol. The van der Waals surface area contributed by atoms with Crippen molar-refractivity contribution in [1.82, 2.24) is 0 Å². The molecule has 0 saturated heterocycles. The number of hydrogen-bond donors (Lipinski definition) is 0. The highest BCUT2D eigenvalue weighted by Crippen LogP contribution is 2.46. The van der Waals surface area contributed by atoms with E-state index in [0.29, 0.717) is 12.3 Å².